The molecular weight excluding hydrogens is 266 g/mol. The fraction of sp³-hybridized carbons (Fsp3) is 0.412. The monoisotopic (exact) mass is 287 g/mol. The predicted octanol–water partition coefficient (Wildman–Crippen LogP) is 3.56. The molecule has 1 aliphatic carbocycles. The van der Waals surface area contributed by atoms with Crippen molar-refractivity contribution in [3.8, 4) is 0 Å². The minimum Gasteiger partial charge on any atom is -0.481 e. The van der Waals surface area contributed by atoms with Gasteiger partial charge in [0.05, 0.1) is 6.42 Å². The molecule has 0 aromatic heterocycles. The average Bonchev–Trinajstić information content (AvgIpc) is 2.91. The lowest BCUT2D eigenvalue weighted by Crippen LogP contribution is -2.14. The highest BCUT2D eigenvalue weighted by Crippen LogP contribution is 2.23. The van der Waals surface area contributed by atoms with Gasteiger partial charge in [-0.1, -0.05) is 31.2 Å². The Labute approximate surface area is 124 Å². The lowest BCUT2D eigenvalue weighted by atomic mass is 9.98. The van der Waals surface area contributed by atoms with Gasteiger partial charge in [0.15, 0.2) is 0 Å². The molecule has 2 atom stereocenters. The van der Waals surface area contributed by atoms with Crippen LogP contribution in [-0.2, 0) is 9.59 Å². The molecule has 112 valence electrons. The van der Waals surface area contributed by atoms with E-state index < -0.39 is 5.97 Å². The van der Waals surface area contributed by atoms with Crippen molar-refractivity contribution in [2.24, 2.45) is 5.92 Å². The summed E-state index contributed by atoms with van der Waals surface area (Å²) in [6, 6.07) is 7.41. The maximum absolute atomic E-state index is 11.9. The summed E-state index contributed by atoms with van der Waals surface area (Å²) in [5, 5.41) is 11.7. The standard InChI is InChI=1S/C17H21NO3/c1-12(10-17(20)21)14-6-8-15(9-7-14)18-16(19)11-13-4-2-3-5-13/h2,4,6-9,12-13H,3,5,10-11H2,1H3,(H,18,19)(H,20,21). The van der Waals surface area contributed by atoms with Gasteiger partial charge < -0.3 is 10.4 Å². The van der Waals surface area contributed by atoms with Gasteiger partial charge in [0.25, 0.3) is 0 Å². The molecule has 0 fully saturated rings. The van der Waals surface area contributed by atoms with Gasteiger partial charge >= 0.3 is 5.97 Å². The molecule has 1 aromatic rings. The van der Waals surface area contributed by atoms with Crippen LogP contribution in [0.5, 0.6) is 0 Å². The molecule has 2 rings (SSSR count). The molecule has 21 heavy (non-hydrogen) atoms. The predicted molar refractivity (Wildman–Crippen MR) is 82.2 cm³/mol. The number of aliphatic carboxylic acids is 1. The third-order valence-electron chi connectivity index (χ3n) is 3.80. The minimum atomic E-state index is -0.801. The number of rotatable bonds is 6. The molecule has 0 spiro atoms. The molecule has 2 N–H and O–H groups in total. The van der Waals surface area contributed by atoms with E-state index in [9.17, 15) is 9.59 Å². The second-order valence-corrected chi connectivity index (χ2v) is 5.64. The number of amides is 1. The summed E-state index contributed by atoms with van der Waals surface area (Å²) in [4.78, 5) is 22.6. The van der Waals surface area contributed by atoms with Crippen molar-refractivity contribution in [2.45, 2.75) is 38.5 Å². The second kappa shape index (κ2) is 7.07. The van der Waals surface area contributed by atoms with Crippen LogP contribution in [0.2, 0.25) is 0 Å². The van der Waals surface area contributed by atoms with Crippen LogP contribution in [0, 0.1) is 5.92 Å². The first-order valence-corrected chi connectivity index (χ1v) is 7.33. The number of nitrogens with one attached hydrogen (secondary N) is 1. The number of hydrogen-bond donors (Lipinski definition) is 2. The van der Waals surface area contributed by atoms with Crippen LogP contribution in [0.1, 0.15) is 44.1 Å². The Morgan fingerprint density at radius 3 is 2.62 bits per heavy atom. The Balaban J connectivity index is 1.88. The maximum atomic E-state index is 11.9. The molecule has 4 heteroatoms. The molecule has 2 unspecified atom stereocenters. The van der Waals surface area contributed by atoms with Crippen LogP contribution in [0.3, 0.4) is 0 Å². The van der Waals surface area contributed by atoms with Crippen LogP contribution in [0.4, 0.5) is 5.69 Å². The number of carboxylic acids is 1. The van der Waals surface area contributed by atoms with E-state index in [4.69, 9.17) is 5.11 Å². The smallest absolute Gasteiger partial charge is 0.303 e. The number of hydrogen-bond acceptors (Lipinski definition) is 2. The Morgan fingerprint density at radius 1 is 1.33 bits per heavy atom. The van der Waals surface area contributed by atoms with Crippen molar-refractivity contribution in [1.82, 2.24) is 0 Å². The van der Waals surface area contributed by atoms with E-state index in [2.05, 4.69) is 17.5 Å². The largest absolute Gasteiger partial charge is 0.481 e. The quantitative estimate of drug-likeness (QED) is 0.786. The molecule has 1 aliphatic rings. The minimum absolute atomic E-state index is 0.0258. The summed E-state index contributed by atoms with van der Waals surface area (Å²) in [6.45, 7) is 1.88. The Morgan fingerprint density at radius 2 is 2.05 bits per heavy atom. The van der Waals surface area contributed by atoms with Crippen LogP contribution in [0.25, 0.3) is 0 Å². The van der Waals surface area contributed by atoms with Crippen molar-refractivity contribution in [1.29, 1.82) is 0 Å². The highest BCUT2D eigenvalue weighted by Gasteiger charge is 2.14. The number of carbonyl (C=O) groups is 2. The topological polar surface area (TPSA) is 66.4 Å². The van der Waals surface area contributed by atoms with Crippen molar-refractivity contribution < 1.29 is 14.7 Å². The van der Waals surface area contributed by atoms with Crippen molar-refractivity contribution in [3.05, 3.63) is 42.0 Å². The van der Waals surface area contributed by atoms with Crippen LogP contribution >= 0.6 is 0 Å². The third-order valence-corrected chi connectivity index (χ3v) is 3.80. The zero-order chi connectivity index (χ0) is 15.2. The zero-order valence-corrected chi connectivity index (χ0v) is 12.2. The van der Waals surface area contributed by atoms with Crippen molar-refractivity contribution >= 4 is 17.6 Å². The Hall–Kier alpha value is -2.10. The number of carboxylic acid groups (broad SMARTS) is 1. The van der Waals surface area contributed by atoms with Crippen molar-refractivity contribution in [3.63, 3.8) is 0 Å². The van der Waals surface area contributed by atoms with E-state index in [0.717, 1.165) is 24.1 Å². The Bertz CT molecular complexity index is 533. The molecule has 0 saturated heterocycles. The first kappa shape index (κ1) is 15.3. The first-order valence-electron chi connectivity index (χ1n) is 7.33. The number of anilines is 1. The summed E-state index contributed by atoms with van der Waals surface area (Å²) >= 11 is 0. The second-order valence-electron chi connectivity index (χ2n) is 5.64. The van der Waals surface area contributed by atoms with E-state index in [-0.39, 0.29) is 18.2 Å². The van der Waals surface area contributed by atoms with E-state index in [1.807, 2.05) is 31.2 Å². The molecule has 4 nitrogen and oxygen atoms in total. The van der Waals surface area contributed by atoms with E-state index >= 15 is 0 Å². The van der Waals surface area contributed by atoms with Crippen molar-refractivity contribution in [2.75, 3.05) is 5.32 Å². The fourth-order valence-corrected chi connectivity index (χ4v) is 2.59. The lowest BCUT2D eigenvalue weighted by molar-refractivity contribution is -0.137. The lowest BCUT2D eigenvalue weighted by Gasteiger charge is -2.11. The van der Waals surface area contributed by atoms with Gasteiger partial charge in [0.2, 0.25) is 5.91 Å². The van der Waals surface area contributed by atoms with Gasteiger partial charge in [0.1, 0.15) is 0 Å². The molecule has 0 aliphatic heterocycles. The maximum Gasteiger partial charge on any atom is 0.303 e. The molecule has 1 amide bonds. The van der Waals surface area contributed by atoms with Crippen LogP contribution < -0.4 is 5.32 Å². The summed E-state index contributed by atoms with van der Waals surface area (Å²) in [5.74, 6) is -0.446. The third kappa shape index (κ3) is 4.74. The fourth-order valence-electron chi connectivity index (χ4n) is 2.59. The highest BCUT2D eigenvalue weighted by atomic mass is 16.4. The number of allylic oxidation sites excluding steroid dienone is 2. The molecule has 0 heterocycles. The molecule has 0 radical (unpaired) electrons. The van der Waals surface area contributed by atoms with Gasteiger partial charge in [-0.15, -0.1) is 0 Å². The summed E-state index contributed by atoms with van der Waals surface area (Å²) in [7, 11) is 0. The molecular formula is C17H21NO3. The van der Waals surface area contributed by atoms with Crippen LogP contribution in [0.15, 0.2) is 36.4 Å². The zero-order valence-electron chi connectivity index (χ0n) is 12.2. The number of carbonyl (C=O) groups excluding carboxylic acids is 1. The highest BCUT2D eigenvalue weighted by molar-refractivity contribution is 5.91. The molecule has 0 bridgehead atoms. The van der Waals surface area contributed by atoms with E-state index in [1.165, 1.54) is 0 Å². The first-order chi connectivity index (χ1) is 10.0. The van der Waals surface area contributed by atoms with E-state index in [0.29, 0.717) is 12.3 Å². The average molecular weight is 287 g/mol. The van der Waals surface area contributed by atoms with E-state index in [1.54, 1.807) is 0 Å². The van der Waals surface area contributed by atoms with Gasteiger partial charge in [-0.05, 0) is 42.4 Å². The summed E-state index contributed by atoms with van der Waals surface area (Å²) in [5.41, 5.74) is 1.72. The van der Waals surface area contributed by atoms with Gasteiger partial charge in [0, 0.05) is 12.1 Å². The van der Waals surface area contributed by atoms with Gasteiger partial charge in [-0.25, -0.2) is 0 Å². The number of benzene rings is 1. The normalized spacial score (nSPS) is 18.4. The summed E-state index contributed by atoms with van der Waals surface area (Å²) in [6.07, 6.45) is 6.98. The van der Waals surface area contributed by atoms with Gasteiger partial charge in [-0.3, -0.25) is 9.59 Å². The molecule has 0 saturated carbocycles. The van der Waals surface area contributed by atoms with Gasteiger partial charge in [-0.2, -0.15) is 0 Å². The van der Waals surface area contributed by atoms with Crippen LogP contribution in [-0.4, -0.2) is 17.0 Å². The molecule has 1 aromatic carbocycles. The Kier molecular flexibility index (Phi) is 5.14. The SMILES string of the molecule is CC(CC(=O)O)c1ccc(NC(=O)CC2C=CCC2)cc1. The summed E-state index contributed by atoms with van der Waals surface area (Å²) < 4.78 is 0.